The van der Waals surface area contributed by atoms with E-state index in [1.165, 1.54) is 0 Å². The van der Waals surface area contributed by atoms with Crippen LogP contribution in [0.15, 0.2) is 0 Å². The van der Waals surface area contributed by atoms with Gasteiger partial charge in [-0.3, -0.25) is 0 Å². The Balaban J connectivity index is 2.04. The second-order valence-corrected chi connectivity index (χ2v) is 4.70. The third-order valence-corrected chi connectivity index (χ3v) is 2.84. The molecule has 0 bridgehead atoms. The van der Waals surface area contributed by atoms with Crippen LogP contribution in [-0.2, 0) is 9.47 Å². The zero-order valence-electron chi connectivity index (χ0n) is 8.56. The van der Waals surface area contributed by atoms with Gasteiger partial charge in [-0.25, -0.2) is 0 Å². The molecule has 0 amide bonds. The van der Waals surface area contributed by atoms with Gasteiger partial charge in [0.25, 0.3) is 0 Å². The maximum Gasteiger partial charge on any atom is 0.171 e. The standard InChI is InChI=1S/C10H19NO2/c1-9(2)8-10(4-5-11-9)12-6-3-7-13-10/h11H,3-8H2,1-2H3. The van der Waals surface area contributed by atoms with E-state index in [9.17, 15) is 0 Å². The third kappa shape index (κ3) is 2.03. The fourth-order valence-corrected chi connectivity index (χ4v) is 2.28. The summed E-state index contributed by atoms with van der Waals surface area (Å²) in [6.45, 7) is 7.11. The Kier molecular flexibility index (Phi) is 2.34. The van der Waals surface area contributed by atoms with Crippen LogP contribution in [0.5, 0.6) is 0 Å². The Morgan fingerprint density at radius 3 is 2.46 bits per heavy atom. The van der Waals surface area contributed by atoms with Crippen molar-refractivity contribution in [2.75, 3.05) is 19.8 Å². The van der Waals surface area contributed by atoms with Crippen LogP contribution in [0, 0.1) is 0 Å². The predicted molar refractivity (Wildman–Crippen MR) is 50.6 cm³/mol. The minimum Gasteiger partial charge on any atom is -0.350 e. The van der Waals surface area contributed by atoms with Gasteiger partial charge in [-0.05, 0) is 20.3 Å². The highest BCUT2D eigenvalue weighted by molar-refractivity contribution is 4.92. The topological polar surface area (TPSA) is 30.5 Å². The second-order valence-electron chi connectivity index (χ2n) is 4.70. The van der Waals surface area contributed by atoms with Crippen LogP contribution in [0.1, 0.15) is 33.1 Å². The Morgan fingerprint density at radius 1 is 1.15 bits per heavy atom. The van der Waals surface area contributed by atoms with Crippen molar-refractivity contribution in [3.63, 3.8) is 0 Å². The maximum absolute atomic E-state index is 5.78. The van der Waals surface area contributed by atoms with Crippen molar-refractivity contribution in [3.8, 4) is 0 Å². The zero-order chi connectivity index (χ0) is 9.36. The lowest BCUT2D eigenvalue weighted by Gasteiger charge is -2.46. The van der Waals surface area contributed by atoms with Crippen molar-refractivity contribution in [3.05, 3.63) is 0 Å². The first-order chi connectivity index (χ1) is 6.12. The van der Waals surface area contributed by atoms with Gasteiger partial charge in [-0.15, -0.1) is 0 Å². The van der Waals surface area contributed by atoms with Gasteiger partial charge in [0.05, 0.1) is 13.2 Å². The van der Waals surface area contributed by atoms with E-state index in [-0.39, 0.29) is 11.3 Å². The van der Waals surface area contributed by atoms with E-state index in [1.807, 2.05) is 0 Å². The number of rotatable bonds is 0. The van der Waals surface area contributed by atoms with E-state index in [2.05, 4.69) is 19.2 Å². The summed E-state index contributed by atoms with van der Waals surface area (Å²) in [6, 6.07) is 0. The molecule has 0 unspecified atom stereocenters. The average Bonchev–Trinajstić information content (AvgIpc) is 2.03. The van der Waals surface area contributed by atoms with Gasteiger partial charge < -0.3 is 14.8 Å². The molecule has 0 aromatic heterocycles. The van der Waals surface area contributed by atoms with E-state index >= 15 is 0 Å². The van der Waals surface area contributed by atoms with E-state index in [4.69, 9.17) is 9.47 Å². The quantitative estimate of drug-likeness (QED) is 0.616. The molecule has 2 fully saturated rings. The van der Waals surface area contributed by atoms with Crippen LogP contribution >= 0.6 is 0 Å². The second kappa shape index (κ2) is 3.23. The van der Waals surface area contributed by atoms with E-state index in [0.717, 1.165) is 39.0 Å². The Morgan fingerprint density at radius 2 is 1.85 bits per heavy atom. The normalized spacial score (nSPS) is 31.8. The van der Waals surface area contributed by atoms with Gasteiger partial charge in [-0.2, -0.15) is 0 Å². The van der Waals surface area contributed by atoms with Gasteiger partial charge in [0.1, 0.15) is 0 Å². The SMILES string of the molecule is CC1(C)CC2(CCN1)OCCCO2. The van der Waals surface area contributed by atoms with Gasteiger partial charge >= 0.3 is 0 Å². The molecule has 0 aromatic carbocycles. The average molecular weight is 185 g/mol. The van der Waals surface area contributed by atoms with Gasteiger partial charge in [0.2, 0.25) is 0 Å². The summed E-state index contributed by atoms with van der Waals surface area (Å²) < 4.78 is 11.6. The first-order valence-electron chi connectivity index (χ1n) is 5.15. The number of piperidine rings is 1. The molecule has 0 aliphatic carbocycles. The van der Waals surface area contributed by atoms with Gasteiger partial charge in [0.15, 0.2) is 5.79 Å². The number of hydrogen-bond acceptors (Lipinski definition) is 3. The first-order valence-corrected chi connectivity index (χ1v) is 5.15. The van der Waals surface area contributed by atoms with Crippen LogP contribution in [0.4, 0.5) is 0 Å². The fourth-order valence-electron chi connectivity index (χ4n) is 2.28. The Hall–Kier alpha value is -0.120. The van der Waals surface area contributed by atoms with Crippen molar-refractivity contribution in [2.24, 2.45) is 0 Å². The van der Waals surface area contributed by atoms with Crippen molar-refractivity contribution >= 4 is 0 Å². The van der Waals surface area contributed by atoms with Crippen LogP contribution in [0.3, 0.4) is 0 Å². The molecule has 76 valence electrons. The number of hydrogen-bond donors (Lipinski definition) is 1. The van der Waals surface area contributed by atoms with Crippen LogP contribution in [-0.4, -0.2) is 31.1 Å². The molecular formula is C10H19NO2. The predicted octanol–water partition coefficient (Wildman–Crippen LogP) is 1.28. The molecule has 0 aromatic rings. The van der Waals surface area contributed by atoms with Gasteiger partial charge in [-0.1, -0.05) is 0 Å². The van der Waals surface area contributed by atoms with Crippen molar-refractivity contribution in [1.29, 1.82) is 0 Å². The Bertz CT molecular complexity index is 180. The summed E-state index contributed by atoms with van der Waals surface area (Å²) in [7, 11) is 0. The van der Waals surface area contributed by atoms with Crippen LogP contribution in [0.25, 0.3) is 0 Å². The molecule has 1 spiro atoms. The zero-order valence-corrected chi connectivity index (χ0v) is 8.56. The highest BCUT2D eigenvalue weighted by Gasteiger charge is 2.42. The lowest BCUT2D eigenvalue weighted by molar-refractivity contribution is -0.286. The molecule has 0 atom stereocenters. The molecule has 2 aliphatic rings. The van der Waals surface area contributed by atoms with Gasteiger partial charge in [0, 0.05) is 24.9 Å². The molecule has 0 saturated carbocycles. The fraction of sp³-hybridized carbons (Fsp3) is 1.00. The lowest BCUT2D eigenvalue weighted by atomic mass is 9.88. The molecule has 2 heterocycles. The highest BCUT2D eigenvalue weighted by Crippen LogP contribution is 2.34. The summed E-state index contributed by atoms with van der Waals surface area (Å²) in [5.41, 5.74) is 0.148. The molecule has 2 aliphatic heterocycles. The summed E-state index contributed by atoms with van der Waals surface area (Å²) in [5, 5.41) is 3.47. The highest BCUT2D eigenvalue weighted by atomic mass is 16.7. The number of nitrogens with one attached hydrogen (secondary N) is 1. The minimum atomic E-state index is -0.271. The molecule has 3 nitrogen and oxygen atoms in total. The summed E-state index contributed by atoms with van der Waals surface area (Å²) in [6.07, 6.45) is 2.98. The number of ether oxygens (including phenoxy) is 2. The van der Waals surface area contributed by atoms with Crippen LogP contribution in [0.2, 0.25) is 0 Å². The van der Waals surface area contributed by atoms with Crippen molar-refractivity contribution < 1.29 is 9.47 Å². The van der Waals surface area contributed by atoms with Crippen LogP contribution < -0.4 is 5.32 Å². The van der Waals surface area contributed by atoms with E-state index < -0.39 is 0 Å². The molecule has 13 heavy (non-hydrogen) atoms. The maximum atomic E-state index is 5.78. The Labute approximate surface area is 79.8 Å². The van der Waals surface area contributed by atoms with E-state index in [0.29, 0.717) is 0 Å². The molecule has 2 saturated heterocycles. The lowest BCUT2D eigenvalue weighted by Crippen LogP contribution is -2.57. The summed E-state index contributed by atoms with van der Waals surface area (Å²) in [4.78, 5) is 0. The molecule has 0 radical (unpaired) electrons. The summed E-state index contributed by atoms with van der Waals surface area (Å²) >= 11 is 0. The minimum absolute atomic E-state index is 0.148. The van der Waals surface area contributed by atoms with E-state index in [1.54, 1.807) is 0 Å². The van der Waals surface area contributed by atoms with Crippen molar-refractivity contribution in [2.45, 2.75) is 44.4 Å². The molecular weight excluding hydrogens is 166 g/mol. The molecule has 2 rings (SSSR count). The summed E-state index contributed by atoms with van der Waals surface area (Å²) in [5.74, 6) is -0.271. The first kappa shape index (κ1) is 9.44. The molecule has 3 heteroatoms. The third-order valence-electron chi connectivity index (χ3n) is 2.84. The molecule has 1 N–H and O–H groups in total. The monoisotopic (exact) mass is 185 g/mol. The largest absolute Gasteiger partial charge is 0.350 e. The van der Waals surface area contributed by atoms with Crippen molar-refractivity contribution in [1.82, 2.24) is 5.32 Å². The smallest absolute Gasteiger partial charge is 0.171 e.